The lowest BCUT2D eigenvalue weighted by Gasteiger charge is -2.05. The standard InChI is InChI=1S/C12H16OS/c1-4-5-11(13)10-7-6-9(2)12(8-10)14-3/h6-8H,4-5H2,1-3H3. The number of carbonyl (C=O) groups excluding carboxylic acids is 1. The van der Waals surface area contributed by atoms with Gasteiger partial charge in [-0.25, -0.2) is 0 Å². The predicted octanol–water partition coefficient (Wildman–Crippen LogP) is 3.70. The maximum atomic E-state index is 11.6. The molecule has 0 aliphatic carbocycles. The van der Waals surface area contributed by atoms with Crippen molar-refractivity contribution in [2.75, 3.05) is 6.26 Å². The van der Waals surface area contributed by atoms with Crippen molar-refractivity contribution in [3.63, 3.8) is 0 Å². The lowest BCUT2D eigenvalue weighted by Crippen LogP contribution is -1.98. The first-order valence-electron chi connectivity index (χ1n) is 4.87. The minimum atomic E-state index is 0.253. The van der Waals surface area contributed by atoms with Crippen LogP contribution in [0.5, 0.6) is 0 Å². The second kappa shape index (κ2) is 5.20. The Kier molecular flexibility index (Phi) is 4.21. The number of ketones is 1. The fourth-order valence-electron chi connectivity index (χ4n) is 1.36. The van der Waals surface area contributed by atoms with Crippen molar-refractivity contribution >= 4 is 17.5 Å². The van der Waals surface area contributed by atoms with E-state index in [9.17, 15) is 4.79 Å². The molecule has 0 saturated carbocycles. The third-order valence-electron chi connectivity index (χ3n) is 2.21. The van der Waals surface area contributed by atoms with Crippen LogP contribution in [0.25, 0.3) is 0 Å². The van der Waals surface area contributed by atoms with Crippen molar-refractivity contribution in [2.45, 2.75) is 31.6 Å². The topological polar surface area (TPSA) is 17.1 Å². The smallest absolute Gasteiger partial charge is 0.162 e. The largest absolute Gasteiger partial charge is 0.294 e. The summed E-state index contributed by atoms with van der Waals surface area (Å²) in [6, 6.07) is 5.94. The van der Waals surface area contributed by atoms with Gasteiger partial charge in [0.25, 0.3) is 0 Å². The molecule has 0 saturated heterocycles. The molecule has 1 nitrogen and oxygen atoms in total. The number of hydrogen-bond acceptors (Lipinski definition) is 2. The lowest BCUT2D eigenvalue weighted by atomic mass is 10.1. The van der Waals surface area contributed by atoms with Crippen LogP contribution in [0, 0.1) is 6.92 Å². The van der Waals surface area contributed by atoms with E-state index in [1.54, 1.807) is 11.8 Å². The first-order chi connectivity index (χ1) is 6.69. The third kappa shape index (κ3) is 2.61. The molecule has 0 aromatic heterocycles. The zero-order valence-corrected chi connectivity index (χ0v) is 9.78. The number of carbonyl (C=O) groups is 1. The van der Waals surface area contributed by atoms with Crippen LogP contribution in [0.3, 0.4) is 0 Å². The Morgan fingerprint density at radius 1 is 1.43 bits per heavy atom. The van der Waals surface area contributed by atoms with Crippen molar-refractivity contribution in [2.24, 2.45) is 0 Å². The molecule has 0 atom stereocenters. The normalized spacial score (nSPS) is 10.2. The molecular formula is C12H16OS. The van der Waals surface area contributed by atoms with E-state index >= 15 is 0 Å². The molecule has 0 bridgehead atoms. The summed E-state index contributed by atoms with van der Waals surface area (Å²) < 4.78 is 0. The van der Waals surface area contributed by atoms with Crippen LogP contribution in [0.2, 0.25) is 0 Å². The highest BCUT2D eigenvalue weighted by Gasteiger charge is 2.06. The first kappa shape index (κ1) is 11.3. The van der Waals surface area contributed by atoms with E-state index in [4.69, 9.17) is 0 Å². The fraction of sp³-hybridized carbons (Fsp3) is 0.417. The third-order valence-corrected chi connectivity index (χ3v) is 3.09. The molecule has 76 valence electrons. The Morgan fingerprint density at radius 2 is 2.14 bits per heavy atom. The molecule has 0 aliphatic rings. The van der Waals surface area contributed by atoms with Gasteiger partial charge in [0.15, 0.2) is 5.78 Å². The molecule has 0 N–H and O–H groups in total. The Hall–Kier alpha value is -0.760. The van der Waals surface area contributed by atoms with Crippen LogP contribution < -0.4 is 0 Å². The highest BCUT2D eigenvalue weighted by atomic mass is 32.2. The maximum Gasteiger partial charge on any atom is 0.162 e. The van der Waals surface area contributed by atoms with Gasteiger partial charge in [0, 0.05) is 16.9 Å². The van der Waals surface area contributed by atoms with Gasteiger partial charge in [-0.15, -0.1) is 11.8 Å². The van der Waals surface area contributed by atoms with Gasteiger partial charge >= 0.3 is 0 Å². The van der Waals surface area contributed by atoms with Gasteiger partial charge in [-0.05, 0) is 31.2 Å². The Balaban J connectivity index is 2.94. The molecule has 1 aromatic carbocycles. The first-order valence-corrected chi connectivity index (χ1v) is 6.09. The zero-order chi connectivity index (χ0) is 10.6. The van der Waals surface area contributed by atoms with E-state index in [-0.39, 0.29) is 5.78 Å². The lowest BCUT2D eigenvalue weighted by molar-refractivity contribution is 0.0981. The Bertz CT molecular complexity index is 331. The molecule has 0 amide bonds. The van der Waals surface area contributed by atoms with Crippen molar-refractivity contribution in [1.29, 1.82) is 0 Å². The van der Waals surface area contributed by atoms with Crippen LogP contribution in [0.4, 0.5) is 0 Å². The predicted molar refractivity (Wildman–Crippen MR) is 62.2 cm³/mol. The van der Waals surface area contributed by atoms with Gasteiger partial charge in [0.2, 0.25) is 0 Å². The van der Waals surface area contributed by atoms with Crippen LogP contribution in [-0.2, 0) is 0 Å². The molecule has 0 heterocycles. The van der Waals surface area contributed by atoms with Crippen molar-refractivity contribution in [3.8, 4) is 0 Å². The Labute approximate surface area is 89.9 Å². The van der Waals surface area contributed by atoms with Gasteiger partial charge in [-0.3, -0.25) is 4.79 Å². The number of thioether (sulfide) groups is 1. The molecule has 0 spiro atoms. The van der Waals surface area contributed by atoms with Gasteiger partial charge in [0.1, 0.15) is 0 Å². The van der Waals surface area contributed by atoms with Crippen LogP contribution >= 0.6 is 11.8 Å². The molecule has 14 heavy (non-hydrogen) atoms. The SMILES string of the molecule is CCCC(=O)c1ccc(C)c(SC)c1. The van der Waals surface area contributed by atoms with E-state index in [0.717, 1.165) is 12.0 Å². The van der Waals surface area contributed by atoms with Crippen molar-refractivity contribution in [3.05, 3.63) is 29.3 Å². The second-order valence-corrected chi connectivity index (χ2v) is 4.21. The molecule has 0 unspecified atom stereocenters. The summed E-state index contributed by atoms with van der Waals surface area (Å²) in [4.78, 5) is 12.8. The highest BCUT2D eigenvalue weighted by Crippen LogP contribution is 2.21. The minimum Gasteiger partial charge on any atom is -0.294 e. The number of Topliss-reactive ketones (excluding diaryl/α,β-unsaturated/α-hetero) is 1. The summed E-state index contributed by atoms with van der Waals surface area (Å²) in [7, 11) is 0. The summed E-state index contributed by atoms with van der Waals surface area (Å²) in [5.41, 5.74) is 2.09. The van der Waals surface area contributed by atoms with E-state index in [2.05, 4.69) is 6.92 Å². The average Bonchev–Trinajstić information content (AvgIpc) is 2.19. The fourth-order valence-corrected chi connectivity index (χ4v) is 2.00. The average molecular weight is 208 g/mol. The van der Waals surface area contributed by atoms with Crippen molar-refractivity contribution in [1.82, 2.24) is 0 Å². The molecule has 1 aromatic rings. The van der Waals surface area contributed by atoms with Crippen LogP contribution in [-0.4, -0.2) is 12.0 Å². The number of aryl methyl sites for hydroxylation is 1. The molecule has 0 aliphatic heterocycles. The van der Waals surface area contributed by atoms with Crippen LogP contribution in [0.1, 0.15) is 35.7 Å². The number of rotatable bonds is 4. The maximum absolute atomic E-state index is 11.6. The molecular weight excluding hydrogens is 192 g/mol. The summed E-state index contributed by atoms with van der Waals surface area (Å²) in [6.45, 7) is 4.10. The molecule has 0 radical (unpaired) electrons. The summed E-state index contributed by atoms with van der Waals surface area (Å²) in [5.74, 6) is 0.253. The van der Waals surface area contributed by atoms with E-state index in [1.165, 1.54) is 10.5 Å². The van der Waals surface area contributed by atoms with Gasteiger partial charge < -0.3 is 0 Å². The minimum absolute atomic E-state index is 0.253. The quantitative estimate of drug-likeness (QED) is 0.554. The molecule has 1 rings (SSSR count). The Morgan fingerprint density at radius 3 is 2.71 bits per heavy atom. The van der Waals surface area contributed by atoms with Gasteiger partial charge in [-0.2, -0.15) is 0 Å². The number of hydrogen-bond donors (Lipinski definition) is 0. The van der Waals surface area contributed by atoms with Gasteiger partial charge in [-0.1, -0.05) is 19.1 Å². The van der Waals surface area contributed by atoms with E-state index in [1.807, 2.05) is 31.4 Å². The van der Waals surface area contributed by atoms with E-state index < -0.39 is 0 Å². The molecule has 2 heteroatoms. The summed E-state index contributed by atoms with van der Waals surface area (Å²) >= 11 is 1.69. The molecule has 0 fully saturated rings. The summed E-state index contributed by atoms with van der Waals surface area (Å²) in [6.07, 6.45) is 3.61. The van der Waals surface area contributed by atoms with Gasteiger partial charge in [0.05, 0.1) is 0 Å². The van der Waals surface area contributed by atoms with E-state index in [0.29, 0.717) is 6.42 Å². The van der Waals surface area contributed by atoms with Crippen LogP contribution in [0.15, 0.2) is 23.1 Å². The second-order valence-electron chi connectivity index (χ2n) is 3.36. The van der Waals surface area contributed by atoms with Crippen molar-refractivity contribution < 1.29 is 4.79 Å². The monoisotopic (exact) mass is 208 g/mol. The zero-order valence-electron chi connectivity index (χ0n) is 8.96. The summed E-state index contributed by atoms with van der Waals surface area (Å²) in [5, 5.41) is 0. The highest BCUT2D eigenvalue weighted by molar-refractivity contribution is 7.98. The number of benzene rings is 1.